The standard InChI is InChI=1S/C14H20O4/c1-16-12-7-5-11(6-8-12)14-17-10-13(18-14)4-2-3-9-15/h5-8,13-15H,2-4,9-10H2,1H3/t13-,14-/m0/s1. The van der Waals surface area contributed by atoms with Gasteiger partial charge in [0.2, 0.25) is 0 Å². The number of hydrogen-bond donors (Lipinski definition) is 1. The molecule has 0 bridgehead atoms. The van der Waals surface area contributed by atoms with Crippen molar-refractivity contribution >= 4 is 0 Å². The molecule has 2 rings (SSSR count). The molecule has 18 heavy (non-hydrogen) atoms. The number of unbranched alkanes of at least 4 members (excludes halogenated alkanes) is 1. The zero-order chi connectivity index (χ0) is 12.8. The van der Waals surface area contributed by atoms with Crippen molar-refractivity contribution in [2.75, 3.05) is 20.3 Å². The summed E-state index contributed by atoms with van der Waals surface area (Å²) in [7, 11) is 1.65. The molecule has 4 nitrogen and oxygen atoms in total. The maximum Gasteiger partial charge on any atom is 0.184 e. The Labute approximate surface area is 107 Å². The number of rotatable bonds is 6. The van der Waals surface area contributed by atoms with Gasteiger partial charge < -0.3 is 19.3 Å². The highest BCUT2D eigenvalue weighted by molar-refractivity contribution is 5.28. The summed E-state index contributed by atoms with van der Waals surface area (Å²) >= 11 is 0. The number of hydrogen-bond acceptors (Lipinski definition) is 4. The number of benzene rings is 1. The van der Waals surface area contributed by atoms with Crippen LogP contribution in [-0.4, -0.2) is 31.5 Å². The molecule has 2 atom stereocenters. The van der Waals surface area contributed by atoms with E-state index in [-0.39, 0.29) is 19.0 Å². The summed E-state index contributed by atoms with van der Waals surface area (Å²) in [6.45, 7) is 0.873. The molecule has 0 aliphatic carbocycles. The molecule has 0 saturated carbocycles. The Balaban J connectivity index is 1.83. The number of ether oxygens (including phenoxy) is 3. The summed E-state index contributed by atoms with van der Waals surface area (Å²) in [4.78, 5) is 0. The molecule has 1 saturated heterocycles. The Hall–Kier alpha value is -1.10. The van der Waals surface area contributed by atoms with Crippen molar-refractivity contribution in [3.63, 3.8) is 0 Å². The van der Waals surface area contributed by atoms with Crippen molar-refractivity contribution in [2.24, 2.45) is 0 Å². The van der Waals surface area contributed by atoms with Gasteiger partial charge >= 0.3 is 0 Å². The first-order valence-electron chi connectivity index (χ1n) is 6.35. The maximum absolute atomic E-state index is 8.74. The summed E-state index contributed by atoms with van der Waals surface area (Å²) in [6, 6.07) is 7.72. The van der Waals surface area contributed by atoms with Crippen LogP contribution in [0.1, 0.15) is 31.1 Å². The lowest BCUT2D eigenvalue weighted by Crippen LogP contribution is -2.09. The average molecular weight is 252 g/mol. The quantitative estimate of drug-likeness (QED) is 0.789. The van der Waals surface area contributed by atoms with E-state index >= 15 is 0 Å². The van der Waals surface area contributed by atoms with Crippen molar-refractivity contribution in [1.29, 1.82) is 0 Å². The van der Waals surface area contributed by atoms with Crippen LogP contribution in [0, 0.1) is 0 Å². The monoisotopic (exact) mass is 252 g/mol. The molecule has 1 fully saturated rings. The summed E-state index contributed by atoms with van der Waals surface area (Å²) in [5.74, 6) is 0.830. The summed E-state index contributed by atoms with van der Waals surface area (Å²) in [5.41, 5.74) is 1.01. The molecule has 0 radical (unpaired) electrons. The van der Waals surface area contributed by atoms with E-state index < -0.39 is 0 Å². The summed E-state index contributed by atoms with van der Waals surface area (Å²) in [6.07, 6.45) is 2.61. The Bertz CT molecular complexity index is 349. The van der Waals surface area contributed by atoms with Crippen LogP contribution in [0.5, 0.6) is 5.75 Å². The molecular formula is C14H20O4. The Kier molecular flexibility index (Phi) is 4.99. The fourth-order valence-electron chi connectivity index (χ4n) is 2.02. The summed E-state index contributed by atoms with van der Waals surface area (Å²) in [5, 5.41) is 8.74. The van der Waals surface area contributed by atoms with E-state index in [0.717, 1.165) is 30.6 Å². The fourth-order valence-corrected chi connectivity index (χ4v) is 2.02. The Morgan fingerprint density at radius 2 is 2.06 bits per heavy atom. The van der Waals surface area contributed by atoms with Crippen LogP contribution >= 0.6 is 0 Å². The molecule has 1 aromatic rings. The van der Waals surface area contributed by atoms with Crippen LogP contribution in [0.25, 0.3) is 0 Å². The molecule has 1 heterocycles. The van der Waals surface area contributed by atoms with Gasteiger partial charge in [0.15, 0.2) is 6.29 Å². The van der Waals surface area contributed by atoms with Gasteiger partial charge in [-0.05, 0) is 31.4 Å². The second kappa shape index (κ2) is 6.73. The van der Waals surface area contributed by atoms with Gasteiger partial charge in [-0.15, -0.1) is 0 Å². The molecule has 1 aromatic carbocycles. The largest absolute Gasteiger partial charge is 0.497 e. The predicted octanol–water partition coefficient (Wildman–Crippen LogP) is 2.27. The van der Waals surface area contributed by atoms with Crippen molar-refractivity contribution in [3.8, 4) is 5.75 Å². The highest BCUT2D eigenvalue weighted by Crippen LogP contribution is 2.29. The zero-order valence-corrected chi connectivity index (χ0v) is 10.7. The van der Waals surface area contributed by atoms with Gasteiger partial charge in [0.05, 0.1) is 19.8 Å². The topological polar surface area (TPSA) is 47.9 Å². The third kappa shape index (κ3) is 3.45. The molecular weight excluding hydrogens is 232 g/mol. The first-order chi connectivity index (χ1) is 8.83. The summed E-state index contributed by atoms with van der Waals surface area (Å²) < 4.78 is 16.6. The van der Waals surface area contributed by atoms with Gasteiger partial charge in [-0.1, -0.05) is 12.1 Å². The Morgan fingerprint density at radius 3 is 2.72 bits per heavy atom. The van der Waals surface area contributed by atoms with E-state index in [4.69, 9.17) is 19.3 Å². The maximum atomic E-state index is 8.74. The van der Waals surface area contributed by atoms with Gasteiger partial charge in [-0.2, -0.15) is 0 Å². The van der Waals surface area contributed by atoms with Gasteiger partial charge in [0, 0.05) is 12.2 Å². The average Bonchev–Trinajstić information content (AvgIpc) is 2.88. The molecule has 1 N–H and O–H groups in total. The van der Waals surface area contributed by atoms with E-state index in [9.17, 15) is 0 Å². The van der Waals surface area contributed by atoms with Gasteiger partial charge in [-0.25, -0.2) is 0 Å². The SMILES string of the molecule is COc1ccc([C@H]2OC[C@H](CCCCO)O2)cc1. The minimum Gasteiger partial charge on any atom is -0.497 e. The molecule has 0 amide bonds. The van der Waals surface area contributed by atoms with E-state index in [1.807, 2.05) is 24.3 Å². The van der Waals surface area contributed by atoms with E-state index in [1.165, 1.54) is 0 Å². The van der Waals surface area contributed by atoms with Crippen LogP contribution in [0.15, 0.2) is 24.3 Å². The number of aliphatic hydroxyl groups is 1. The van der Waals surface area contributed by atoms with Crippen molar-refractivity contribution in [2.45, 2.75) is 31.7 Å². The molecule has 0 aromatic heterocycles. The van der Waals surface area contributed by atoms with Crippen LogP contribution in [0.4, 0.5) is 0 Å². The minimum atomic E-state index is -0.268. The fraction of sp³-hybridized carbons (Fsp3) is 0.571. The molecule has 4 heteroatoms. The molecule has 0 unspecified atom stereocenters. The normalized spacial score (nSPS) is 23.2. The predicted molar refractivity (Wildman–Crippen MR) is 67.5 cm³/mol. The van der Waals surface area contributed by atoms with Gasteiger partial charge in [0.25, 0.3) is 0 Å². The van der Waals surface area contributed by atoms with Gasteiger partial charge in [0.1, 0.15) is 5.75 Å². The van der Waals surface area contributed by atoms with E-state index in [2.05, 4.69) is 0 Å². The lowest BCUT2D eigenvalue weighted by atomic mass is 10.2. The number of aliphatic hydroxyl groups excluding tert-OH is 1. The molecule has 1 aliphatic rings. The second-order valence-corrected chi connectivity index (χ2v) is 4.42. The third-order valence-electron chi connectivity index (χ3n) is 3.07. The third-order valence-corrected chi connectivity index (χ3v) is 3.07. The lowest BCUT2D eigenvalue weighted by molar-refractivity contribution is -0.0614. The van der Waals surface area contributed by atoms with E-state index in [0.29, 0.717) is 6.61 Å². The first kappa shape index (κ1) is 13.3. The Morgan fingerprint density at radius 1 is 1.28 bits per heavy atom. The molecule has 1 aliphatic heterocycles. The van der Waals surface area contributed by atoms with Crippen LogP contribution in [-0.2, 0) is 9.47 Å². The molecule has 100 valence electrons. The number of methoxy groups -OCH3 is 1. The van der Waals surface area contributed by atoms with Crippen molar-refractivity contribution in [1.82, 2.24) is 0 Å². The van der Waals surface area contributed by atoms with E-state index in [1.54, 1.807) is 7.11 Å². The second-order valence-electron chi connectivity index (χ2n) is 4.42. The van der Waals surface area contributed by atoms with Crippen molar-refractivity contribution < 1.29 is 19.3 Å². The van der Waals surface area contributed by atoms with Crippen LogP contribution in [0.2, 0.25) is 0 Å². The zero-order valence-electron chi connectivity index (χ0n) is 10.7. The highest BCUT2D eigenvalue weighted by atomic mass is 16.7. The first-order valence-corrected chi connectivity index (χ1v) is 6.35. The minimum absolute atomic E-state index is 0.142. The van der Waals surface area contributed by atoms with Crippen molar-refractivity contribution in [3.05, 3.63) is 29.8 Å². The highest BCUT2D eigenvalue weighted by Gasteiger charge is 2.26. The van der Waals surface area contributed by atoms with Crippen LogP contribution in [0.3, 0.4) is 0 Å². The van der Waals surface area contributed by atoms with Gasteiger partial charge in [-0.3, -0.25) is 0 Å². The molecule has 0 spiro atoms. The smallest absolute Gasteiger partial charge is 0.184 e. The van der Waals surface area contributed by atoms with Crippen LogP contribution < -0.4 is 4.74 Å². The lowest BCUT2D eigenvalue weighted by Gasteiger charge is -2.12.